The van der Waals surface area contributed by atoms with Gasteiger partial charge >= 0.3 is 0 Å². The average molecular weight is 331 g/mol. The van der Waals surface area contributed by atoms with Gasteiger partial charge in [-0.1, -0.05) is 43.0 Å². The minimum atomic E-state index is -0.269. The fraction of sp³-hybridized carbons (Fsp3) is 0.300. The van der Waals surface area contributed by atoms with Crippen LogP contribution >= 0.6 is 0 Å². The Labute approximate surface area is 144 Å². The lowest BCUT2D eigenvalue weighted by Gasteiger charge is -2.14. The van der Waals surface area contributed by atoms with Crippen LogP contribution in [0.4, 0.5) is 4.39 Å². The Hall–Kier alpha value is -2.17. The summed E-state index contributed by atoms with van der Waals surface area (Å²) in [6.45, 7) is 7.59. The van der Waals surface area contributed by atoms with Gasteiger partial charge in [-0.15, -0.1) is 0 Å². The molecule has 0 unspecified atom stereocenters. The third kappa shape index (κ3) is 8.46. The molecule has 24 heavy (non-hydrogen) atoms. The molecule has 4 heteroatoms. The molecule has 0 fully saturated rings. The van der Waals surface area contributed by atoms with Gasteiger partial charge in [-0.2, -0.15) is 0 Å². The lowest BCUT2D eigenvalue weighted by Crippen LogP contribution is -2.21. The predicted octanol–water partition coefficient (Wildman–Crippen LogP) is 3.81. The minimum Gasteiger partial charge on any atom is -0.489 e. The number of aliphatic hydroxyl groups is 1. The van der Waals surface area contributed by atoms with Gasteiger partial charge in [0, 0.05) is 19.2 Å². The number of hydrogen-bond acceptors (Lipinski definition) is 3. The molecule has 0 aromatic heterocycles. The summed E-state index contributed by atoms with van der Waals surface area (Å²) in [5, 5.41) is 8.67. The van der Waals surface area contributed by atoms with Gasteiger partial charge in [0.1, 0.15) is 18.2 Å². The molecule has 0 radical (unpaired) electrons. The van der Waals surface area contributed by atoms with Crippen LogP contribution in [0.3, 0.4) is 0 Å². The normalized spacial score (nSPS) is 10.0. The van der Waals surface area contributed by atoms with Crippen LogP contribution in [0.2, 0.25) is 0 Å². The highest BCUT2D eigenvalue weighted by Gasteiger charge is 1.98. The standard InChI is InChI=1S/C10H11FO.C10H15NO/c1-3-4-12-10-6-8(2)5-9(11)7-10;1-11(7-8-12)9-10-5-3-2-4-6-10/h3,5-7H,1,4H2,2H3;2-6,12H,7-9H2,1H3. The van der Waals surface area contributed by atoms with E-state index in [1.165, 1.54) is 17.7 Å². The molecule has 0 saturated carbocycles. The van der Waals surface area contributed by atoms with Crippen LogP contribution in [0.5, 0.6) is 5.75 Å². The molecule has 0 bridgehead atoms. The Morgan fingerprint density at radius 1 is 1.21 bits per heavy atom. The molecule has 0 aliphatic rings. The van der Waals surface area contributed by atoms with Crippen molar-refractivity contribution in [2.45, 2.75) is 13.5 Å². The Balaban J connectivity index is 0.000000240. The number of aryl methyl sites for hydroxylation is 1. The highest BCUT2D eigenvalue weighted by Crippen LogP contribution is 2.15. The molecule has 0 spiro atoms. The van der Waals surface area contributed by atoms with E-state index in [0.717, 1.165) is 18.7 Å². The van der Waals surface area contributed by atoms with Crippen molar-refractivity contribution in [2.75, 3.05) is 26.8 Å². The number of benzene rings is 2. The average Bonchev–Trinajstić information content (AvgIpc) is 2.54. The molecule has 130 valence electrons. The molecule has 0 amide bonds. The van der Waals surface area contributed by atoms with Crippen molar-refractivity contribution in [3.63, 3.8) is 0 Å². The first-order valence-electron chi connectivity index (χ1n) is 7.89. The van der Waals surface area contributed by atoms with Gasteiger partial charge < -0.3 is 9.84 Å². The number of aliphatic hydroxyl groups excluding tert-OH is 1. The van der Waals surface area contributed by atoms with E-state index in [9.17, 15) is 4.39 Å². The van der Waals surface area contributed by atoms with Gasteiger partial charge in [0.25, 0.3) is 0 Å². The maximum Gasteiger partial charge on any atom is 0.127 e. The summed E-state index contributed by atoms with van der Waals surface area (Å²) in [5.74, 6) is 0.279. The number of hydrogen-bond donors (Lipinski definition) is 1. The highest BCUT2D eigenvalue weighted by molar-refractivity contribution is 5.28. The molecule has 2 rings (SSSR count). The summed E-state index contributed by atoms with van der Waals surface area (Å²) in [6.07, 6.45) is 1.63. The summed E-state index contributed by atoms with van der Waals surface area (Å²) in [7, 11) is 2.00. The molecule has 1 N–H and O–H groups in total. The van der Waals surface area contributed by atoms with Gasteiger partial charge in [0.05, 0.1) is 6.61 Å². The first-order chi connectivity index (χ1) is 11.5. The van der Waals surface area contributed by atoms with Gasteiger partial charge in [-0.05, 0) is 37.2 Å². The maximum absolute atomic E-state index is 12.7. The first kappa shape index (κ1) is 19.9. The fourth-order valence-corrected chi connectivity index (χ4v) is 2.09. The summed E-state index contributed by atoms with van der Waals surface area (Å²) in [5.41, 5.74) is 2.14. The van der Waals surface area contributed by atoms with Crippen molar-refractivity contribution < 1.29 is 14.2 Å². The maximum atomic E-state index is 12.7. The van der Waals surface area contributed by atoms with E-state index in [1.807, 2.05) is 32.2 Å². The van der Waals surface area contributed by atoms with Crippen LogP contribution < -0.4 is 4.74 Å². The van der Waals surface area contributed by atoms with Crippen LogP contribution in [0.25, 0.3) is 0 Å². The van der Waals surface area contributed by atoms with E-state index in [4.69, 9.17) is 9.84 Å². The number of halogens is 1. The van der Waals surface area contributed by atoms with Crippen molar-refractivity contribution in [3.8, 4) is 5.75 Å². The number of nitrogens with zero attached hydrogens (tertiary/aromatic N) is 1. The molecule has 0 atom stereocenters. The van der Waals surface area contributed by atoms with E-state index in [0.29, 0.717) is 12.4 Å². The topological polar surface area (TPSA) is 32.7 Å². The van der Waals surface area contributed by atoms with Crippen LogP contribution in [-0.2, 0) is 6.54 Å². The zero-order valence-corrected chi connectivity index (χ0v) is 14.4. The molecule has 2 aromatic carbocycles. The largest absolute Gasteiger partial charge is 0.489 e. The zero-order valence-electron chi connectivity index (χ0n) is 14.4. The number of likely N-dealkylation sites (N-methyl/N-ethyl adjacent to an activating group) is 1. The second-order valence-electron chi connectivity index (χ2n) is 5.51. The Bertz CT molecular complexity index is 582. The van der Waals surface area contributed by atoms with Crippen LogP contribution in [0, 0.1) is 12.7 Å². The Morgan fingerprint density at radius 2 is 1.92 bits per heavy atom. The van der Waals surface area contributed by atoms with Crippen molar-refractivity contribution in [3.05, 3.63) is 78.1 Å². The van der Waals surface area contributed by atoms with Gasteiger partial charge in [0.15, 0.2) is 0 Å². The summed E-state index contributed by atoms with van der Waals surface area (Å²) in [4.78, 5) is 2.09. The predicted molar refractivity (Wildman–Crippen MR) is 96.7 cm³/mol. The second-order valence-corrected chi connectivity index (χ2v) is 5.51. The van der Waals surface area contributed by atoms with E-state index in [1.54, 1.807) is 12.1 Å². The monoisotopic (exact) mass is 331 g/mol. The summed E-state index contributed by atoms with van der Waals surface area (Å²) >= 11 is 0. The van der Waals surface area contributed by atoms with Gasteiger partial charge in [0.2, 0.25) is 0 Å². The molecule has 0 saturated heterocycles. The lowest BCUT2D eigenvalue weighted by molar-refractivity contribution is 0.217. The van der Waals surface area contributed by atoms with Crippen LogP contribution in [0.15, 0.2) is 61.2 Å². The van der Waals surface area contributed by atoms with E-state index in [2.05, 4.69) is 23.6 Å². The van der Waals surface area contributed by atoms with Crippen molar-refractivity contribution in [2.24, 2.45) is 0 Å². The third-order valence-corrected chi connectivity index (χ3v) is 3.16. The quantitative estimate of drug-likeness (QED) is 0.783. The minimum absolute atomic E-state index is 0.226. The molecule has 2 aromatic rings. The highest BCUT2D eigenvalue weighted by atomic mass is 19.1. The molecule has 3 nitrogen and oxygen atoms in total. The van der Waals surface area contributed by atoms with Crippen molar-refractivity contribution in [1.29, 1.82) is 0 Å². The second kappa shape index (κ2) is 11.4. The SMILES string of the molecule is C=CCOc1cc(C)cc(F)c1.CN(CCO)Cc1ccccc1. The van der Waals surface area contributed by atoms with E-state index in [-0.39, 0.29) is 12.4 Å². The number of ether oxygens (including phenoxy) is 1. The molecular weight excluding hydrogens is 305 g/mol. The fourth-order valence-electron chi connectivity index (χ4n) is 2.09. The van der Waals surface area contributed by atoms with E-state index >= 15 is 0 Å². The summed E-state index contributed by atoms with van der Waals surface area (Å²) in [6, 6.07) is 14.9. The van der Waals surface area contributed by atoms with Crippen LogP contribution in [-0.4, -0.2) is 36.8 Å². The molecular formula is C20H26FNO2. The molecule has 0 heterocycles. The van der Waals surface area contributed by atoms with Crippen molar-refractivity contribution in [1.82, 2.24) is 4.90 Å². The molecule has 0 aliphatic carbocycles. The third-order valence-electron chi connectivity index (χ3n) is 3.16. The van der Waals surface area contributed by atoms with Crippen molar-refractivity contribution >= 4 is 0 Å². The Kier molecular flexibility index (Phi) is 9.42. The van der Waals surface area contributed by atoms with Gasteiger partial charge in [-0.3, -0.25) is 4.90 Å². The van der Waals surface area contributed by atoms with E-state index < -0.39 is 0 Å². The first-order valence-corrected chi connectivity index (χ1v) is 7.89. The van der Waals surface area contributed by atoms with Crippen LogP contribution in [0.1, 0.15) is 11.1 Å². The smallest absolute Gasteiger partial charge is 0.127 e. The lowest BCUT2D eigenvalue weighted by atomic mass is 10.2. The summed E-state index contributed by atoms with van der Waals surface area (Å²) < 4.78 is 17.9. The molecule has 0 aliphatic heterocycles. The Morgan fingerprint density at radius 3 is 2.50 bits per heavy atom. The van der Waals surface area contributed by atoms with Gasteiger partial charge in [-0.25, -0.2) is 4.39 Å². The number of rotatable bonds is 7. The zero-order chi connectivity index (χ0) is 17.8.